The molecule has 3 atom stereocenters. The molecule has 5 fully saturated rings. The Morgan fingerprint density at radius 1 is 1.04 bits per heavy atom. The lowest BCUT2D eigenvalue weighted by atomic mass is 9.49. The Bertz CT molecular complexity index is 477. The second-order valence-corrected chi connectivity index (χ2v) is 10.8. The first-order chi connectivity index (χ1) is 11.3. The van der Waals surface area contributed by atoms with Gasteiger partial charge in [0, 0.05) is 19.0 Å². The third-order valence-electron chi connectivity index (χ3n) is 8.19. The van der Waals surface area contributed by atoms with Crippen LogP contribution >= 0.6 is 0 Å². The molecular formula is C21H36N2O. The van der Waals surface area contributed by atoms with Gasteiger partial charge in [0.25, 0.3) is 0 Å². The highest BCUT2D eigenvalue weighted by Gasteiger charge is 2.51. The zero-order valence-electron chi connectivity index (χ0n) is 15.8. The maximum absolute atomic E-state index is 12.7. The molecule has 4 bridgehead atoms. The van der Waals surface area contributed by atoms with Crippen molar-refractivity contribution in [3.05, 3.63) is 0 Å². The van der Waals surface area contributed by atoms with Gasteiger partial charge in [-0.15, -0.1) is 0 Å². The average molecular weight is 333 g/mol. The van der Waals surface area contributed by atoms with Gasteiger partial charge >= 0.3 is 0 Å². The Kier molecular flexibility index (Phi) is 4.02. The van der Waals surface area contributed by atoms with Crippen LogP contribution in [0.15, 0.2) is 0 Å². The van der Waals surface area contributed by atoms with E-state index in [9.17, 15) is 4.79 Å². The second kappa shape index (κ2) is 5.72. The fourth-order valence-corrected chi connectivity index (χ4v) is 7.58. The minimum Gasteiger partial charge on any atom is -0.356 e. The molecule has 3 unspecified atom stereocenters. The predicted molar refractivity (Wildman–Crippen MR) is 97.3 cm³/mol. The Hall–Kier alpha value is -0.570. The van der Waals surface area contributed by atoms with Crippen LogP contribution in [0.3, 0.4) is 0 Å². The zero-order valence-corrected chi connectivity index (χ0v) is 15.8. The molecule has 5 aliphatic carbocycles. The van der Waals surface area contributed by atoms with Gasteiger partial charge in [0.2, 0.25) is 5.91 Å². The SMILES string of the molecule is CC1CC(C)(C)C(CNC(=O)CC23CC4CC(CC(C4)C2)C3)C1N. The van der Waals surface area contributed by atoms with Crippen molar-refractivity contribution in [3.8, 4) is 0 Å². The van der Waals surface area contributed by atoms with Gasteiger partial charge < -0.3 is 11.1 Å². The van der Waals surface area contributed by atoms with E-state index in [-0.39, 0.29) is 11.5 Å². The summed E-state index contributed by atoms with van der Waals surface area (Å²) in [6, 6.07) is 0.222. The summed E-state index contributed by atoms with van der Waals surface area (Å²) < 4.78 is 0. The highest BCUT2D eigenvalue weighted by atomic mass is 16.1. The Morgan fingerprint density at radius 2 is 1.58 bits per heavy atom. The van der Waals surface area contributed by atoms with E-state index in [1.807, 2.05) is 0 Å². The fraction of sp³-hybridized carbons (Fsp3) is 0.952. The topological polar surface area (TPSA) is 55.1 Å². The first-order valence-corrected chi connectivity index (χ1v) is 10.3. The van der Waals surface area contributed by atoms with Gasteiger partial charge in [-0.05, 0) is 85.4 Å². The number of nitrogens with one attached hydrogen (secondary N) is 1. The third-order valence-corrected chi connectivity index (χ3v) is 8.19. The smallest absolute Gasteiger partial charge is 0.220 e. The van der Waals surface area contributed by atoms with Crippen LogP contribution in [0, 0.1) is 40.4 Å². The van der Waals surface area contributed by atoms with Crippen LogP contribution in [0.2, 0.25) is 0 Å². The van der Waals surface area contributed by atoms with E-state index < -0.39 is 0 Å². The van der Waals surface area contributed by atoms with Crippen LogP contribution in [-0.2, 0) is 4.79 Å². The lowest BCUT2D eigenvalue weighted by molar-refractivity contribution is -0.129. The number of hydrogen-bond donors (Lipinski definition) is 2. The number of rotatable bonds is 4. The number of amides is 1. The highest BCUT2D eigenvalue weighted by Crippen LogP contribution is 2.61. The molecule has 3 N–H and O–H groups in total. The van der Waals surface area contributed by atoms with Crippen LogP contribution in [-0.4, -0.2) is 18.5 Å². The van der Waals surface area contributed by atoms with E-state index in [0.29, 0.717) is 23.2 Å². The summed E-state index contributed by atoms with van der Waals surface area (Å²) in [6.07, 6.45) is 10.2. The molecule has 0 aromatic rings. The first-order valence-electron chi connectivity index (χ1n) is 10.3. The molecule has 0 spiro atoms. The summed E-state index contributed by atoms with van der Waals surface area (Å²) in [5.74, 6) is 4.03. The van der Waals surface area contributed by atoms with E-state index in [2.05, 4.69) is 26.1 Å². The molecule has 0 saturated heterocycles. The number of carbonyl (C=O) groups excluding carboxylic acids is 1. The quantitative estimate of drug-likeness (QED) is 0.824. The van der Waals surface area contributed by atoms with Crippen LogP contribution in [0.25, 0.3) is 0 Å². The second-order valence-electron chi connectivity index (χ2n) is 10.8. The van der Waals surface area contributed by atoms with Crippen LogP contribution in [0.5, 0.6) is 0 Å². The average Bonchev–Trinajstić information content (AvgIpc) is 2.63. The number of hydrogen-bond acceptors (Lipinski definition) is 2. The molecule has 0 heterocycles. The van der Waals surface area contributed by atoms with E-state index in [0.717, 1.165) is 30.7 Å². The highest BCUT2D eigenvalue weighted by molar-refractivity contribution is 5.76. The van der Waals surface area contributed by atoms with Crippen LogP contribution < -0.4 is 11.1 Å². The van der Waals surface area contributed by atoms with Gasteiger partial charge in [-0.3, -0.25) is 4.79 Å². The normalized spacial score (nSPS) is 48.7. The van der Waals surface area contributed by atoms with Crippen molar-refractivity contribution in [1.29, 1.82) is 0 Å². The fourth-order valence-electron chi connectivity index (χ4n) is 7.58. The van der Waals surface area contributed by atoms with E-state index in [4.69, 9.17) is 5.73 Å². The summed E-state index contributed by atoms with van der Waals surface area (Å²) >= 11 is 0. The molecule has 0 aromatic heterocycles. The van der Waals surface area contributed by atoms with Gasteiger partial charge in [-0.1, -0.05) is 20.8 Å². The first kappa shape index (κ1) is 16.9. The molecule has 1 amide bonds. The molecular weight excluding hydrogens is 296 g/mol. The molecule has 5 aliphatic rings. The molecule has 136 valence electrons. The minimum absolute atomic E-state index is 0.222. The molecule has 3 heteroatoms. The van der Waals surface area contributed by atoms with Crippen molar-refractivity contribution < 1.29 is 4.79 Å². The summed E-state index contributed by atoms with van der Waals surface area (Å²) in [5, 5.41) is 3.29. The Labute approximate surface area is 147 Å². The summed E-state index contributed by atoms with van der Waals surface area (Å²) in [7, 11) is 0. The van der Waals surface area contributed by atoms with Crippen molar-refractivity contribution >= 4 is 5.91 Å². The Morgan fingerprint density at radius 3 is 2.04 bits per heavy atom. The monoisotopic (exact) mass is 332 g/mol. The summed E-state index contributed by atoms with van der Waals surface area (Å²) in [6.45, 7) is 7.64. The number of carbonyl (C=O) groups is 1. The maximum atomic E-state index is 12.7. The summed E-state index contributed by atoms with van der Waals surface area (Å²) in [4.78, 5) is 12.7. The van der Waals surface area contributed by atoms with Crippen molar-refractivity contribution in [2.24, 2.45) is 46.2 Å². The molecule has 5 rings (SSSR count). The minimum atomic E-state index is 0.222. The molecule has 0 aliphatic heterocycles. The molecule has 0 aromatic carbocycles. The van der Waals surface area contributed by atoms with E-state index in [1.165, 1.54) is 44.9 Å². The largest absolute Gasteiger partial charge is 0.356 e. The van der Waals surface area contributed by atoms with Crippen molar-refractivity contribution in [3.63, 3.8) is 0 Å². The number of nitrogens with two attached hydrogens (primary N) is 1. The van der Waals surface area contributed by atoms with Crippen molar-refractivity contribution in [2.75, 3.05) is 6.54 Å². The lowest BCUT2D eigenvalue weighted by Crippen LogP contribution is -2.49. The van der Waals surface area contributed by atoms with E-state index >= 15 is 0 Å². The molecule has 24 heavy (non-hydrogen) atoms. The van der Waals surface area contributed by atoms with Gasteiger partial charge in [-0.25, -0.2) is 0 Å². The molecule has 0 radical (unpaired) electrons. The van der Waals surface area contributed by atoms with Crippen molar-refractivity contribution in [2.45, 2.75) is 78.2 Å². The standard InChI is InChI=1S/C21H36N2O/c1-13-7-20(2,3)17(19(13)22)12-23-18(24)11-21-8-14-4-15(9-21)6-16(5-14)10-21/h13-17,19H,4-12,22H2,1-3H3,(H,23,24). The zero-order chi connectivity index (χ0) is 17.1. The van der Waals surface area contributed by atoms with Crippen LogP contribution in [0.1, 0.15) is 72.1 Å². The van der Waals surface area contributed by atoms with Gasteiger partial charge in [0.05, 0.1) is 0 Å². The molecule has 5 saturated carbocycles. The van der Waals surface area contributed by atoms with Gasteiger partial charge in [0.1, 0.15) is 0 Å². The van der Waals surface area contributed by atoms with Crippen LogP contribution in [0.4, 0.5) is 0 Å². The predicted octanol–water partition coefficient (Wildman–Crippen LogP) is 3.72. The third kappa shape index (κ3) is 2.91. The lowest BCUT2D eigenvalue weighted by Gasteiger charge is -2.56. The Balaban J connectivity index is 1.34. The maximum Gasteiger partial charge on any atom is 0.220 e. The van der Waals surface area contributed by atoms with Gasteiger partial charge in [-0.2, -0.15) is 0 Å². The van der Waals surface area contributed by atoms with E-state index in [1.54, 1.807) is 0 Å². The summed E-state index contributed by atoms with van der Waals surface area (Å²) in [5.41, 5.74) is 7.01. The molecule has 3 nitrogen and oxygen atoms in total. The van der Waals surface area contributed by atoms with Crippen molar-refractivity contribution in [1.82, 2.24) is 5.32 Å². The van der Waals surface area contributed by atoms with Gasteiger partial charge in [0.15, 0.2) is 0 Å².